The second kappa shape index (κ2) is 8.44. The molecule has 0 atom stereocenters. The van der Waals surface area contributed by atoms with Gasteiger partial charge in [0, 0.05) is 11.1 Å². The fourth-order valence-corrected chi connectivity index (χ4v) is 2.95. The van der Waals surface area contributed by atoms with Crippen molar-refractivity contribution in [2.45, 2.75) is 13.0 Å². The van der Waals surface area contributed by atoms with Crippen LogP contribution in [0.3, 0.4) is 0 Å². The molecule has 0 unspecified atom stereocenters. The van der Waals surface area contributed by atoms with E-state index in [1.54, 1.807) is 25.3 Å². The summed E-state index contributed by atoms with van der Waals surface area (Å²) in [7, 11) is 1.61. The first-order valence-corrected chi connectivity index (χ1v) is 8.76. The van der Waals surface area contributed by atoms with E-state index in [1.165, 1.54) is 17.4 Å². The molecule has 0 bridgehead atoms. The third-order valence-corrected chi connectivity index (χ3v) is 4.37. The Kier molecular flexibility index (Phi) is 5.80. The number of hydrogen-bond acceptors (Lipinski definition) is 6. The van der Waals surface area contributed by atoms with Gasteiger partial charge in [-0.15, -0.1) is 11.3 Å². The van der Waals surface area contributed by atoms with E-state index in [0.29, 0.717) is 16.4 Å². The van der Waals surface area contributed by atoms with E-state index >= 15 is 0 Å². The van der Waals surface area contributed by atoms with Crippen molar-refractivity contribution in [1.29, 1.82) is 0 Å². The number of nitrogens with zero attached hydrogens (tertiary/aromatic N) is 1. The summed E-state index contributed by atoms with van der Waals surface area (Å²) in [5, 5.41) is 5.67. The molecule has 7 heteroatoms. The third-order valence-electron chi connectivity index (χ3n) is 3.57. The number of thiazole rings is 1. The van der Waals surface area contributed by atoms with Gasteiger partial charge in [0.1, 0.15) is 18.2 Å². The van der Waals surface area contributed by atoms with E-state index in [4.69, 9.17) is 9.47 Å². The Bertz CT molecular complexity index is 881. The molecule has 3 rings (SSSR count). The Balaban J connectivity index is 1.51. The number of rotatable bonds is 7. The van der Waals surface area contributed by atoms with Gasteiger partial charge < -0.3 is 14.8 Å². The van der Waals surface area contributed by atoms with Gasteiger partial charge in [0.15, 0.2) is 5.13 Å². The number of nitrogens with one attached hydrogen (secondary N) is 1. The minimum atomic E-state index is -0.493. The van der Waals surface area contributed by atoms with Crippen LogP contribution in [-0.4, -0.2) is 18.1 Å². The van der Waals surface area contributed by atoms with Crippen LogP contribution in [0, 0.1) is 5.82 Å². The second-order valence-electron chi connectivity index (χ2n) is 5.43. The van der Waals surface area contributed by atoms with Crippen molar-refractivity contribution in [2.75, 3.05) is 12.4 Å². The van der Waals surface area contributed by atoms with E-state index < -0.39 is 11.8 Å². The standard InChI is InChI=1S/C19H17FN2O3S/c1-24-16-8-6-14(7-9-16)21-19-22-15(12-26-19)11-25-18(23)10-13-4-2-3-5-17(13)20/h2-9,12H,10-11H2,1H3,(H,21,22). The molecule has 0 saturated carbocycles. The number of carbonyl (C=O) groups excluding carboxylic acids is 1. The van der Waals surface area contributed by atoms with Crippen LogP contribution < -0.4 is 10.1 Å². The van der Waals surface area contributed by atoms with Gasteiger partial charge in [-0.1, -0.05) is 18.2 Å². The molecule has 134 valence electrons. The number of hydrogen-bond donors (Lipinski definition) is 1. The Morgan fingerprint density at radius 3 is 2.69 bits per heavy atom. The van der Waals surface area contributed by atoms with Crippen LogP contribution in [0.1, 0.15) is 11.3 Å². The van der Waals surface area contributed by atoms with Crippen molar-refractivity contribution in [2.24, 2.45) is 0 Å². The van der Waals surface area contributed by atoms with Crippen molar-refractivity contribution in [3.63, 3.8) is 0 Å². The number of benzene rings is 2. The van der Waals surface area contributed by atoms with Crippen molar-refractivity contribution in [1.82, 2.24) is 4.98 Å². The molecule has 5 nitrogen and oxygen atoms in total. The lowest BCUT2D eigenvalue weighted by molar-refractivity contribution is -0.144. The molecule has 0 aliphatic rings. The van der Waals surface area contributed by atoms with Crippen molar-refractivity contribution in [3.8, 4) is 5.75 Å². The molecule has 1 aromatic heterocycles. The third kappa shape index (κ3) is 4.80. The summed E-state index contributed by atoms with van der Waals surface area (Å²) in [5.41, 5.74) is 1.83. The molecule has 1 N–H and O–H groups in total. The molecular formula is C19H17FN2O3S. The maximum absolute atomic E-state index is 13.5. The summed E-state index contributed by atoms with van der Waals surface area (Å²) >= 11 is 1.41. The SMILES string of the molecule is COc1ccc(Nc2nc(COC(=O)Cc3ccccc3F)cs2)cc1. The maximum atomic E-state index is 13.5. The molecule has 26 heavy (non-hydrogen) atoms. The molecule has 0 spiro atoms. The topological polar surface area (TPSA) is 60.4 Å². The van der Waals surface area contributed by atoms with E-state index in [9.17, 15) is 9.18 Å². The van der Waals surface area contributed by atoms with Gasteiger partial charge in [-0.25, -0.2) is 9.37 Å². The predicted molar refractivity (Wildman–Crippen MR) is 98.3 cm³/mol. The fourth-order valence-electron chi connectivity index (χ4n) is 2.23. The average molecular weight is 372 g/mol. The first-order chi connectivity index (χ1) is 12.6. The molecule has 3 aromatic rings. The number of anilines is 2. The number of esters is 1. The molecule has 0 radical (unpaired) electrons. The second-order valence-corrected chi connectivity index (χ2v) is 6.28. The summed E-state index contributed by atoms with van der Waals surface area (Å²) in [5.74, 6) is -0.131. The largest absolute Gasteiger partial charge is 0.497 e. The zero-order chi connectivity index (χ0) is 18.4. The van der Waals surface area contributed by atoms with Gasteiger partial charge in [0.2, 0.25) is 0 Å². The summed E-state index contributed by atoms with van der Waals surface area (Å²) < 4.78 is 23.8. The molecule has 2 aromatic carbocycles. The molecule has 0 fully saturated rings. The van der Waals surface area contributed by atoms with Crippen LogP contribution in [0.2, 0.25) is 0 Å². The van der Waals surface area contributed by atoms with Gasteiger partial charge in [-0.3, -0.25) is 4.79 Å². The van der Waals surface area contributed by atoms with Crippen LogP contribution in [0.15, 0.2) is 53.9 Å². The molecule has 0 saturated heterocycles. The van der Waals surface area contributed by atoms with Crippen LogP contribution >= 0.6 is 11.3 Å². The molecular weight excluding hydrogens is 355 g/mol. The highest BCUT2D eigenvalue weighted by molar-refractivity contribution is 7.13. The quantitative estimate of drug-likeness (QED) is 0.626. The van der Waals surface area contributed by atoms with Gasteiger partial charge in [0.05, 0.1) is 19.2 Å². The molecule has 0 amide bonds. The zero-order valence-corrected chi connectivity index (χ0v) is 14.9. The highest BCUT2D eigenvalue weighted by Gasteiger charge is 2.10. The summed E-state index contributed by atoms with van der Waals surface area (Å²) in [4.78, 5) is 16.2. The van der Waals surface area contributed by atoms with Crippen molar-refractivity contribution in [3.05, 3.63) is 71.0 Å². The Labute approximate surface area is 154 Å². The van der Waals surface area contributed by atoms with E-state index in [2.05, 4.69) is 10.3 Å². The lowest BCUT2D eigenvalue weighted by Crippen LogP contribution is -2.09. The lowest BCUT2D eigenvalue weighted by Gasteiger charge is -2.05. The first-order valence-electron chi connectivity index (χ1n) is 7.88. The number of ether oxygens (including phenoxy) is 2. The van der Waals surface area contributed by atoms with Crippen LogP contribution in [0.5, 0.6) is 5.75 Å². The smallest absolute Gasteiger partial charge is 0.310 e. The molecule has 0 aliphatic heterocycles. The van der Waals surface area contributed by atoms with Crippen molar-refractivity contribution < 1.29 is 18.7 Å². The van der Waals surface area contributed by atoms with Crippen LogP contribution in [-0.2, 0) is 22.6 Å². The molecule has 1 heterocycles. The summed E-state index contributed by atoms with van der Waals surface area (Å²) in [6, 6.07) is 13.6. The van der Waals surface area contributed by atoms with Gasteiger partial charge >= 0.3 is 5.97 Å². The van der Waals surface area contributed by atoms with Gasteiger partial charge in [0.25, 0.3) is 0 Å². The molecule has 0 aliphatic carbocycles. The van der Waals surface area contributed by atoms with E-state index in [-0.39, 0.29) is 13.0 Å². The Morgan fingerprint density at radius 2 is 1.96 bits per heavy atom. The number of carbonyl (C=O) groups is 1. The normalized spacial score (nSPS) is 10.4. The van der Waals surface area contributed by atoms with Crippen LogP contribution in [0.25, 0.3) is 0 Å². The van der Waals surface area contributed by atoms with Gasteiger partial charge in [-0.05, 0) is 35.9 Å². The fraction of sp³-hybridized carbons (Fsp3) is 0.158. The predicted octanol–water partition coefficient (Wildman–Crippen LogP) is 4.32. The highest BCUT2D eigenvalue weighted by Crippen LogP contribution is 2.23. The minimum absolute atomic E-state index is 0.0497. The number of halogens is 1. The van der Waals surface area contributed by atoms with Crippen molar-refractivity contribution >= 4 is 28.1 Å². The maximum Gasteiger partial charge on any atom is 0.310 e. The first kappa shape index (κ1) is 17.9. The zero-order valence-electron chi connectivity index (χ0n) is 14.1. The van der Waals surface area contributed by atoms with Crippen LogP contribution in [0.4, 0.5) is 15.2 Å². The average Bonchev–Trinajstić information content (AvgIpc) is 3.10. The van der Waals surface area contributed by atoms with E-state index in [1.807, 2.05) is 29.6 Å². The summed E-state index contributed by atoms with van der Waals surface area (Å²) in [6.07, 6.45) is -0.103. The monoisotopic (exact) mass is 372 g/mol. The minimum Gasteiger partial charge on any atom is -0.497 e. The van der Waals surface area contributed by atoms with Gasteiger partial charge in [-0.2, -0.15) is 0 Å². The van der Waals surface area contributed by atoms with E-state index in [0.717, 1.165) is 11.4 Å². The Morgan fingerprint density at radius 1 is 1.19 bits per heavy atom. The summed E-state index contributed by atoms with van der Waals surface area (Å²) in [6.45, 7) is 0.0497. The number of aromatic nitrogens is 1. The lowest BCUT2D eigenvalue weighted by atomic mass is 10.1. The number of methoxy groups -OCH3 is 1. The highest BCUT2D eigenvalue weighted by atomic mass is 32.1. The Hall–Kier alpha value is -2.93.